The van der Waals surface area contributed by atoms with Gasteiger partial charge in [-0.3, -0.25) is 0 Å². The van der Waals surface area contributed by atoms with Crippen molar-refractivity contribution in [2.24, 2.45) is 0 Å². The van der Waals surface area contributed by atoms with Crippen LogP contribution in [0, 0.1) is 6.92 Å². The molecule has 3 aromatic rings. The summed E-state index contributed by atoms with van der Waals surface area (Å²) in [6.07, 6.45) is 1.70. The first kappa shape index (κ1) is 13.2. The number of fused-ring (bicyclic) bond motifs is 1. The fourth-order valence-corrected chi connectivity index (χ4v) is 2.32. The summed E-state index contributed by atoms with van der Waals surface area (Å²) in [6, 6.07) is 13.4. The number of pyridine rings is 1. The van der Waals surface area contributed by atoms with E-state index >= 15 is 0 Å². The van der Waals surface area contributed by atoms with E-state index < -0.39 is 0 Å². The Morgan fingerprint density at radius 1 is 1.00 bits per heavy atom. The number of anilines is 1. The van der Waals surface area contributed by atoms with Crippen molar-refractivity contribution in [1.29, 1.82) is 0 Å². The zero-order chi connectivity index (χ0) is 14.8. The lowest BCUT2D eigenvalue weighted by Crippen LogP contribution is -1.96. The van der Waals surface area contributed by atoms with Crippen molar-refractivity contribution in [3.63, 3.8) is 0 Å². The molecule has 0 spiro atoms. The van der Waals surface area contributed by atoms with Gasteiger partial charge in [0.1, 0.15) is 5.75 Å². The third-order valence-corrected chi connectivity index (χ3v) is 3.39. The number of methoxy groups -OCH3 is 1. The number of benzene rings is 2. The van der Waals surface area contributed by atoms with Gasteiger partial charge in [-0.05, 0) is 36.8 Å². The van der Waals surface area contributed by atoms with Crippen molar-refractivity contribution in [2.45, 2.75) is 6.92 Å². The molecule has 0 atom stereocenters. The van der Waals surface area contributed by atoms with E-state index in [0.717, 1.165) is 22.1 Å². The standard InChI is InChI=1S/C17H16N2O2/c1-11-5-3-7-14(18)16(11)21-17-13-6-4-8-15(20-2)12(13)9-10-19-17/h3-10H,18H2,1-2H3. The summed E-state index contributed by atoms with van der Waals surface area (Å²) in [5.74, 6) is 1.95. The van der Waals surface area contributed by atoms with Gasteiger partial charge in [0.15, 0.2) is 5.75 Å². The molecule has 0 saturated carbocycles. The summed E-state index contributed by atoms with van der Waals surface area (Å²) in [5.41, 5.74) is 7.56. The maximum atomic E-state index is 5.99. The van der Waals surface area contributed by atoms with E-state index in [1.807, 2.05) is 49.4 Å². The highest BCUT2D eigenvalue weighted by Crippen LogP contribution is 2.35. The molecule has 0 fully saturated rings. The number of nitrogens with zero attached hydrogens (tertiary/aromatic N) is 1. The summed E-state index contributed by atoms with van der Waals surface area (Å²) in [6.45, 7) is 1.96. The predicted octanol–water partition coefficient (Wildman–Crippen LogP) is 3.93. The van der Waals surface area contributed by atoms with Crippen LogP contribution in [0.4, 0.5) is 5.69 Å². The van der Waals surface area contributed by atoms with Gasteiger partial charge in [0, 0.05) is 17.0 Å². The number of hydrogen-bond donors (Lipinski definition) is 1. The highest BCUT2D eigenvalue weighted by molar-refractivity contribution is 5.92. The number of hydrogen-bond acceptors (Lipinski definition) is 4. The largest absolute Gasteiger partial charge is 0.496 e. The van der Waals surface area contributed by atoms with Crippen LogP contribution < -0.4 is 15.2 Å². The van der Waals surface area contributed by atoms with Crippen LogP contribution in [0.2, 0.25) is 0 Å². The van der Waals surface area contributed by atoms with Crippen molar-refractivity contribution >= 4 is 16.5 Å². The molecule has 0 radical (unpaired) electrons. The van der Waals surface area contributed by atoms with Gasteiger partial charge in [-0.25, -0.2) is 4.98 Å². The predicted molar refractivity (Wildman–Crippen MR) is 84.0 cm³/mol. The quantitative estimate of drug-likeness (QED) is 0.739. The molecule has 0 bridgehead atoms. The molecule has 2 N–H and O–H groups in total. The smallest absolute Gasteiger partial charge is 0.227 e. The van der Waals surface area contributed by atoms with E-state index in [1.165, 1.54) is 0 Å². The minimum Gasteiger partial charge on any atom is -0.496 e. The van der Waals surface area contributed by atoms with Crippen LogP contribution in [0.1, 0.15) is 5.56 Å². The molecule has 0 amide bonds. The molecule has 0 saturated heterocycles. The summed E-state index contributed by atoms with van der Waals surface area (Å²) in [4.78, 5) is 4.33. The van der Waals surface area contributed by atoms with Crippen LogP contribution in [0.15, 0.2) is 48.7 Å². The van der Waals surface area contributed by atoms with Gasteiger partial charge in [-0.1, -0.05) is 18.2 Å². The number of nitrogen functional groups attached to an aromatic ring is 1. The van der Waals surface area contributed by atoms with Gasteiger partial charge in [-0.2, -0.15) is 0 Å². The lowest BCUT2D eigenvalue weighted by Gasteiger charge is -2.13. The first-order valence-corrected chi connectivity index (χ1v) is 6.65. The number of aryl methyl sites for hydroxylation is 1. The van der Waals surface area contributed by atoms with Crippen molar-refractivity contribution < 1.29 is 9.47 Å². The molecule has 4 heteroatoms. The van der Waals surface area contributed by atoms with Gasteiger partial charge >= 0.3 is 0 Å². The van der Waals surface area contributed by atoms with Gasteiger partial charge in [0.2, 0.25) is 5.88 Å². The van der Waals surface area contributed by atoms with E-state index in [1.54, 1.807) is 13.3 Å². The summed E-state index contributed by atoms with van der Waals surface area (Å²) in [5, 5.41) is 1.84. The zero-order valence-electron chi connectivity index (χ0n) is 12.0. The zero-order valence-corrected chi connectivity index (χ0v) is 12.0. The molecule has 4 nitrogen and oxygen atoms in total. The van der Waals surface area contributed by atoms with Crippen molar-refractivity contribution in [3.05, 3.63) is 54.2 Å². The second-order valence-corrected chi connectivity index (χ2v) is 4.77. The Morgan fingerprint density at radius 2 is 1.81 bits per heavy atom. The third-order valence-electron chi connectivity index (χ3n) is 3.39. The van der Waals surface area contributed by atoms with Crippen LogP contribution >= 0.6 is 0 Å². The van der Waals surface area contributed by atoms with E-state index in [9.17, 15) is 0 Å². The Morgan fingerprint density at radius 3 is 2.57 bits per heavy atom. The van der Waals surface area contributed by atoms with E-state index in [2.05, 4.69) is 4.98 Å². The SMILES string of the molecule is COc1cccc2c(Oc3c(C)cccc3N)nccc12. The van der Waals surface area contributed by atoms with Gasteiger partial charge in [0.25, 0.3) is 0 Å². The monoisotopic (exact) mass is 280 g/mol. The van der Waals surface area contributed by atoms with E-state index in [-0.39, 0.29) is 0 Å². The molecular weight excluding hydrogens is 264 g/mol. The fourth-order valence-electron chi connectivity index (χ4n) is 2.32. The highest BCUT2D eigenvalue weighted by Gasteiger charge is 2.11. The van der Waals surface area contributed by atoms with Crippen LogP contribution in [0.25, 0.3) is 10.8 Å². The number of nitrogens with two attached hydrogens (primary N) is 1. The average molecular weight is 280 g/mol. The number of para-hydroxylation sites is 1. The Hall–Kier alpha value is -2.75. The molecule has 106 valence electrons. The number of ether oxygens (including phenoxy) is 2. The molecule has 0 aliphatic carbocycles. The molecule has 1 heterocycles. The molecule has 2 aromatic carbocycles. The molecule has 0 aliphatic heterocycles. The normalized spacial score (nSPS) is 10.6. The van der Waals surface area contributed by atoms with Gasteiger partial charge in [0.05, 0.1) is 12.8 Å². The van der Waals surface area contributed by atoms with Crippen LogP contribution in [-0.2, 0) is 0 Å². The second kappa shape index (κ2) is 5.32. The Kier molecular flexibility index (Phi) is 3.36. The lowest BCUT2D eigenvalue weighted by molar-refractivity contribution is 0.419. The summed E-state index contributed by atoms with van der Waals surface area (Å²) < 4.78 is 11.3. The maximum Gasteiger partial charge on any atom is 0.227 e. The third kappa shape index (κ3) is 2.36. The lowest BCUT2D eigenvalue weighted by atomic mass is 10.1. The minimum absolute atomic E-state index is 0.521. The Balaban J connectivity index is 2.13. The molecule has 0 aliphatic rings. The van der Waals surface area contributed by atoms with Crippen molar-refractivity contribution in [2.75, 3.05) is 12.8 Å². The molecule has 21 heavy (non-hydrogen) atoms. The fraction of sp³-hybridized carbons (Fsp3) is 0.118. The second-order valence-electron chi connectivity index (χ2n) is 4.77. The van der Waals surface area contributed by atoms with Crippen LogP contribution in [-0.4, -0.2) is 12.1 Å². The number of rotatable bonds is 3. The topological polar surface area (TPSA) is 57.4 Å². The van der Waals surface area contributed by atoms with E-state index in [4.69, 9.17) is 15.2 Å². The summed E-state index contributed by atoms with van der Waals surface area (Å²) in [7, 11) is 1.65. The maximum absolute atomic E-state index is 5.99. The Bertz CT molecular complexity index is 780. The highest BCUT2D eigenvalue weighted by atomic mass is 16.5. The first-order valence-electron chi connectivity index (χ1n) is 6.65. The first-order chi connectivity index (χ1) is 10.2. The van der Waals surface area contributed by atoms with Crippen LogP contribution in [0.5, 0.6) is 17.4 Å². The molecule has 1 aromatic heterocycles. The summed E-state index contributed by atoms with van der Waals surface area (Å²) >= 11 is 0. The van der Waals surface area contributed by atoms with Crippen molar-refractivity contribution in [3.8, 4) is 17.4 Å². The molecular formula is C17H16N2O2. The van der Waals surface area contributed by atoms with Gasteiger partial charge in [-0.15, -0.1) is 0 Å². The minimum atomic E-state index is 0.521. The van der Waals surface area contributed by atoms with Crippen LogP contribution in [0.3, 0.4) is 0 Å². The van der Waals surface area contributed by atoms with Gasteiger partial charge < -0.3 is 15.2 Å². The number of aromatic nitrogens is 1. The van der Waals surface area contributed by atoms with Crippen molar-refractivity contribution in [1.82, 2.24) is 4.98 Å². The average Bonchev–Trinajstić information content (AvgIpc) is 2.50. The Labute approximate surface area is 123 Å². The van der Waals surface area contributed by atoms with E-state index in [0.29, 0.717) is 17.3 Å². The molecule has 0 unspecified atom stereocenters. The molecule has 3 rings (SSSR count).